The molecule has 54 heavy (non-hydrogen) atoms. The molecule has 0 N–H and O–H groups in total. The molecule has 0 fully saturated rings. The van der Waals surface area contributed by atoms with E-state index in [1.807, 2.05) is 31.2 Å². The summed E-state index contributed by atoms with van der Waals surface area (Å²) >= 11 is 0. The number of nitrogens with zero attached hydrogens (tertiary/aromatic N) is 3. The number of rotatable bonds is 6. The van der Waals surface area contributed by atoms with E-state index in [2.05, 4.69) is 141 Å². The minimum atomic E-state index is -0.244. The van der Waals surface area contributed by atoms with E-state index in [0.717, 1.165) is 66.8 Å². The monoisotopic (exact) mass is 699 g/mol. The molecule has 5 aromatic carbocycles. The molecule has 0 amide bonds. The molecular weight excluding hydrogens is 663 g/mol. The first-order valence-corrected chi connectivity index (χ1v) is 18.5. The first-order valence-electron chi connectivity index (χ1n) is 18.5. The Morgan fingerprint density at radius 1 is 0.759 bits per heavy atom. The van der Waals surface area contributed by atoms with Crippen LogP contribution in [0.5, 0.6) is 5.75 Å². The number of aromatic nitrogens is 3. The Kier molecular flexibility index (Phi) is 7.62. The lowest BCUT2D eigenvalue weighted by Gasteiger charge is -2.31. The molecule has 1 aromatic heterocycles. The summed E-state index contributed by atoms with van der Waals surface area (Å²) in [5.41, 5.74) is 7.31. The zero-order valence-electron chi connectivity index (χ0n) is 30.1. The average molecular weight is 700 g/mol. The van der Waals surface area contributed by atoms with Crippen LogP contribution in [0.2, 0.25) is 0 Å². The standard InChI is InChI=1S/C49H37N3O2/c1-29(2)24-25-34-30(3)53-44-28-33(36-21-13-23-43-46(36)39-20-11-12-22-42(39)54-43)27-41(45(34)44)49-51-47(31-14-5-4-6-15-31)50-48(52-49)40-26-32-16-7-8-17-35(32)37-18-9-10-19-38(37)40/h4-28,36,44-46H,1H2,2-3H3/b25-24-. The number of hydrogen-bond donors (Lipinski definition) is 0. The third-order valence-corrected chi connectivity index (χ3v) is 11.0. The molecule has 0 bridgehead atoms. The Morgan fingerprint density at radius 2 is 1.48 bits per heavy atom. The van der Waals surface area contributed by atoms with Crippen LogP contribution in [0.1, 0.15) is 31.2 Å². The predicted octanol–water partition coefficient (Wildman–Crippen LogP) is 11.5. The van der Waals surface area contributed by atoms with E-state index in [4.69, 9.17) is 24.4 Å². The van der Waals surface area contributed by atoms with E-state index in [1.165, 1.54) is 10.9 Å². The van der Waals surface area contributed by atoms with Gasteiger partial charge in [-0.2, -0.15) is 0 Å². The summed E-state index contributed by atoms with van der Waals surface area (Å²) in [6.45, 7) is 8.21. The van der Waals surface area contributed by atoms with Crippen LogP contribution in [0.15, 0.2) is 187 Å². The molecular formula is C49H37N3O2. The number of benzene rings is 5. The fourth-order valence-electron chi connectivity index (χ4n) is 8.53. The van der Waals surface area contributed by atoms with Crippen molar-refractivity contribution in [3.8, 4) is 28.5 Å². The van der Waals surface area contributed by atoms with E-state index < -0.39 is 0 Å². The lowest BCUT2D eigenvalue weighted by atomic mass is 9.73. The lowest BCUT2D eigenvalue weighted by Crippen LogP contribution is -2.26. The van der Waals surface area contributed by atoms with Gasteiger partial charge >= 0.3 is 0 Å². The van der Waals surface area contributed by atoms with Gasteiger partial charge < -0.3 is 9.47 Å². The fraction of sp³-hybridized carbons (Fsp3) is 0.122. The quantitative estimate of drug-likeness (QED) is 0.128. The molecule has 0 spiro atoms. The highest BCUT2D eigenvalue weighted by Crippen LogP contribution is 2.52. The van der Waals surface area contributed by atoms with Crippen molar-refractivity contribution in [2.24, 2.45) is 11.8 Å². The van der Waals surface area contributed by atoms with Crippen molar-refractivity contribution in [2.75, 3.05) is 0 Å². The second-order valence-electron chi connectivity index (χ2n) is 14.5. The number of fused-ring (bicyclic) bond motifs is 7. The maximum atomic E-state index is 6.74. The molecule has 6 aromatic rings. The zero-order valence-corrected chi connectivity index (χ0v) is 30.1. The highest BCUT2D eigenvalue weighted by molar-refractivity contribution is 6.13. The van der Waals surface area contributed by atoms with E-state index in [1.54, 1.807) is 0 Å². The molecule has 4 atom stereocenters. The van der Waals surface area contributed by atoms with Crippen LogP contribution in [0.4, 0.5) is 0 Å². The van der Waals surface area contributed by atoms with Crippen LogP contribution in [0, 0.1) is 11.8 Å². The van der Waals surface area contributed by atoms with Crippen molar-refractivity contribution in [1.29, 1.82) is 0 Å². The molecule has 260 valence electrons. The number of hydrogen-bond acceptors (Lipinski definition) is 5. The van der Waals surface area contributed by atoms with Gasteiger partial charge in [-0.15, -0.1) is 0 Å². The van der Waals surface area contributed by atoms with Crippen molar-refractivity contribution in [3.05, 3.63) is 198 Å². The predicted molar refractivity (Wildman–Crippen MR) is 217 cm³/mol. The molecule has 0 radical (unpaired) electrons. The normalized spacial score (nSPS) is 21.3. The highest BCUT2D eigenvalue weighted by atomic mass is 16.5. The Bertz CT molecular complexity index is 2730. The van der Waals surface area contributed by atoms with Crippen molar-refractivity contribution < 1.29 is 9.47 Å². The largest absolute Gasteiger partial charge is 0.490 e. The third kappa shape index (κ3) is 5.35. The van der Waals surface area contributed by atoms with Crippen molar-refractivity contribution >= 4 is 27.1 Å². The SMILES string of the molecule is C=C(C)/C=C\C1=C(C)OC2C=C(C3C=CC=C4Oc5ccccc5C43)C=C(c3nc(-c4ccccc4)nc(-c4cc5ccccc5c5ccccc45)n3)C12. The van der Waals surface area contributed by atoms with Gasteiger partial charge in [-0.3, -0.25) is 0 Å². The minimum absolute atomic E-state index is 0.0304. The summed E-state index contributed by atoms with van der Waals surface area (Å²) in [6, 6.07) is 37.8. The van der Waals surface area contributed by atoms with Crippen LogP contribution in [0.3, 0.4) is 0 Å². The smallest absolute Gasteiger partial charge is 0.164 e. The van der Waals surface area contributed by atoms with Gasteiger partial charge in [0.25, 0.3) is 0 Å². The second kappa shape index (κ2) is 12.8. The van der Waals surface area contributed by atoms with Crippen molar-refractivity contribution in [1.82, 2.24) is 15.0 Å². The molecule has 5 heteroatoms. The summed E-state index contributed by atoms with van der Waals surface area (Å²) in [4.78, 5) is 15.9. The Morgan fingerprint density at radius 3 is 2.33 bits per heavy atom. The topological polar surface area (TPSA) is 57.1 Å². The summed E-state index contributed by atoms with van der Waals surface area (Å²) < 4.78 is 13.1. The van der Waals surface area contributed by atoms with E-state index in [9.17, 15) is 0 Å². The summed E-state index contributed by atoms with van der Waals surface area (Å²) in [5.74, 6) is 4.62. The number of ether oxygens (including phenoxy) is 2. The Balaban J connectivity index is 1.20. The summed E-state index contributed by atoms with van der Waals surface area (Å²) in [6.07, 6.45) is 15.1. The summed E-state index contributed by atoms with van der Waals surface area (Å²) in [7, 11) is 0. The Hall–Kier alpha value is -6.59. The molecule has 3 heterocycles. The first-order chi connectivity index (χ1) is 26.5. The molecule has 10 rings (SSSR count). The van der Waals surface area contributed by atoms with Crippen LogP contribution in [-0.4, -0.2) is 21.1 Å². The fourth-order valence-corrected chi connectivity index (χ4v) is 8.53. The minimum Gasteiger partial charge on any atom is -0.490 e. The molecule has 0 saturated carbocycles. The molecule has 2 aliphatic heterocycles. The van der Waals surface area contributed by atoms with Crippen LogP contribution in [-0.2, 0) is 4.74 Å². The van der Waals surface area contributed by atoms with Crippen LogP contribution >= 0.6 is 0 Å². The third-order valence-electron chi connectivity index (χ3n) is 11.0. The van der Waals surface area contributed by atoms with Gasteiger partial charge in [-0.1, -0.05) is 140 Å². The van der Waals surface area contributed by atoms with Crippen LogP contribution in [0.25, 0.3) is 49.9 Å². The highest BCUT2D eigenvalue weighted by Gasteiger charge is 2.43. The number of para-hydroxylation sites is 1. The maximum Gasteiger partial charge on any atom is 0.164 e. The summed E-state index contributed by atoms with van der Waals surface area (Å²) in [5, 5.41) is 4.60. The number of allylic oxidation sites excluding steroid dienone is 10. The van der Waals surface area contributed by atoms with Gasteiger partial charge in [0.05, 0.1) is 17.6 Å². The van der Waals surface area contributed by atoms with Crippen molar-refractivity contribution in [3.63, 3.8) is 0 Å². The average Bonchev–Trinajstić information content (AvgIpc) is 3.76. The van der Waals surface area contributed by atoms with E-state index in [0.29, 0.717) is 17.5 Å². The van der Waals surface area contributed by atoms with Crippen LogP contribution < -0.4 is 4.74 Å². The maximum absolute atomic E-state index is 6.74. The van der Waals surface area contributed by atoms with Gasteiger partial charge in [0.2, 0.25) is 0 Å². The van der Waals surface area contributed by atoms with Gasteiger partial charge in [-0.25, -0.2) is 15.0 Å². The molecule has 4 aliphatic rings. The lowest BCUT2D eigenvalue weighted by molar-refractivity contribution is 0.166. The van der Waals surface area contributed by atoms with Crippen molar-refractivity contribution in [2.45, 2.75) is 25.9 Å². The van der Waals surface area contributed by atoms with Gasteiger partial charge in [-0.05, 0) is 65.3 Å². The Labute approximate surface area is 314 Å². The van der Waals surface area contributed by atoms with E-state index >= 15 is 0 Å². The van der Waals surface area contributed by atoms with Gasteiger partial charge in [0, 0.05) is 33.8 Å². The molecule has 0 saturated heterocycles. The molecule has 2 aliphatic carbocycles. The molecule has 5 nitrogen and oxygen atoms in total. The second-order valence-corrected chi connectivity index (χ2v) is 14.5. The zero-order chi connectivity index (χ0) is 36.3. The van der Waals surface area contributed by atoms with Gasteiger partial charge in [0.15, 0.2) is 17.5 Å². The van der Waals surface area contributed by atoms with Gasteiger partial charge in [0.1, 0.15) is 17.6 Å². The van der Waals surface area contributed by atoms with E-state index in [-0.39, 0.29) is 23.9 Å². The molecule has 4 unspecified atom stereocenters. The first kappa shape index (κ1) is 32.1.